The molecule has 2 aromatic rings. The summed E-state index contributed by atoms with van der Waals surface area (Å²) in [5.74, 6) is -1.22. The number of benzene rings is 2. The average Bonchev–Trinajstić information content (AvgIpc) is 2.66. The molecule has 0 aromatic heterocycles. The van der Waals surface area contributed by atoms with Gasteiger partial charge in [-0.15, -0.1) is 0 Å². The van der Waals surface area contributed by atoms with Crippen LogP contribution in [0.4, 0.5) is 5.69 Å². The zero-order valence-corrected chi connectivity index (χ0v) is 16.5. The molecule has 1 unspecified atom stereocenters. The number of hydrogen-bond donors (Lipinski definition) is 1. The summed E-state index contributed by atoms with van der Waals surface area (Å²) in [6.07, 6.45) is 1.48. The molecule has 0 spiro atoms. The smallest absolute Gasteiger partial charge is 0.338 e. The summed E-state index contributed by atoms with van der Waals surface area (Å²) in [6.45, 7) is 1.86. The van der Waals surface area contributed by atoms with Gasteiger partial charge >= 0.3 is 5.97 Å². The number of halogens is 1. The van der Waals surface area contributed by atoms with Gasteiger partial charge in [0, 0.05) is 28.2 Å². The predicted octanol–water partition coefficient (Wildman–Crippen LogP) is 3.90. The van der Waals surface area contributed by atoms with Gasteiger partial charge in [-0.3, -0.25) is 14.9 Å². The number of amides is 1. The number of non-ortho nitro benzene ring substituents is 1. The van der Waals surface area contributed by atoms with Crippen LogP contribution in [0.1, 0.15) is 39.6 Å². The molecule has 0 bridgehead atoms. The molecule has 27 heavy (non-hydrogen) atoms. The van der Waals surface area contributed by atoms with Gasteiger partial charge < -0.3 is 10.1 Å². The first-order chi connectivity index (χ1) is 12.8. The van der Waals surface area contributed by atoms with Gasteiger partial charge in [-0.05, 0) is 43.5 Å². The molecule has 0 fully saturated rings. The molecule has 8 heteroatoms. The molecule has 0 aliphatic carbocycles. The number of methoxy groups -OCH3 is 1. The van der Waals surface area contributed by atoms with Crippen molar-refractivity contribution in [3.8, 4) is 0 Å². The maximum atomic E-state index is 12.5. The number of esters is 1. The first kappa shape index (κ1) is 20.6. The van der Waals surface area contributed by atoms with E-state index in [1.54, 1.807) is 0 Å². The van der Waals surface area contributed by atoms with Crippen LogP contribution in [0.15, 0.2) is 46.9 Å². The van der Waals surface area contributed by atoms with Crippen molar-refractivity contribution in [1.82, 2.24) is 5.32 Å². The number of carbonyl (C=O) groups excluding carboxylic acids is 2. The van der Waals surface area contributed by atoms with E-state index < -0.39 is 16.8 Å². The fourth-order valence-electron chi connectivity index (χ4n) is 2.50. The van der Waals surface area contributed by atoms with Crippen LogP contribution in [-0.2, 0) is 11.2 Å². The zero-order chi connectivity index (χ0) is 20.0. The first-order valence-electron chi connectivity index (χ1n) is 8.23. The second kappa shape index (κ2) is 9.27. The fraction of sp³-hybridized carbons (Fsp3) is 0.263. The van der Waals surface area contributed by atoms with Gasteiger partial charge in [0.1, 0.15) is 0 Å². The van der Waals surface area contributed by atoms with E-state index in [0.717, 1.165) is 28.6 Å². The van der Waals surface area contributed by atoms with Gasteiger partial charge in [0.2, 0.25) is 0 Å². The lowest BCUT2D eigenvalue weighted by molar-refractivity contribution is -0.384. The number of nitro benzene ring substituents is 1. The lowest BCUT2D eigenvalue weighted by Crippen LogP contribution is -2.33. The van der Waals surface area contributed by atoms with Crippen molar-refractivity contribution in [3.63, 3.8) is 0 Å². The largest absolute Gasteiger partial charge is 0.465 e. The number of hydrogen-bond acceptors (Lipinski definition) is 5. The van der Waals surface area contributed by atoms with Gasteiger partial charge in [0.25, 0.3) is 11.6 Å². The average molecular weight is 435 g/mol. The van der Waals surface area contributed by atoms with Crippen molar-refractivity contribution in [2.45, 2.75) is 25.8 Å². The van der Waals surface area contributed by atoms with Crippen LogP contribution < -0.4 is 5.32 Å². The van der Waals surface area contributed by atoms with E-state index in [1.165, 1.54) is 13.2 Å². The van der Waals surface area contributed by atoms with Crippen molar-refractivity contribution in [1.29, 1.82) is 0 Å². The number of nitrogens with one attached hydrogen (secondary N) is 1. The van der Waals surface area contributed by atoms with Crippen LogP contribution in [-0.4, -0.2) is 30.0 Å². The van der Waals surface area contributed by atoms with Crippen LogP contribution in [0.2, 0.25) is 0 Å². The molecule has 1 atom stereocenters. The molecule has 7 nitrogen and oxygen atoms in total. The fourth-order valence-corrected chi connectivity index (χ4v) is 2.76. The van der Waals surface area contributed by atoms with Gasteiger partial charge in [-0.25, -0.2) is 4.79 Å². The molecule has 2 aromatic carbocycles. The highest BCUT2D eigenvalue weighted by Gasteiger charge is 2.19. The van der Waals surface area contributed by atoms with Crippen molar-refractivity contribution in [2.75, 3.05) is 7.11 Å². The molecule has 1 N–H and O–H groups in total. The zero-order valence-electron chi connectivity index (χ0n) is 14.9. The Morgan fingerprint density at radius 1 is 1.19 bits per heavy atom. The maximum absolute atomic E-state index is 12.5. The Morgan fingerprint density at radius 3 is 2.41 bits per heavy atom. The number of carbonyl (C=O) groups is 2. The van der Waals surface area contributed by atoms with E-state index in [9.17, 15) is 19.7 Å². The van der Waals surface area contributed by atoms with Crippen LogP contribution in [0.3, 0.4) is 0 Å². The maximum Gasteiger partial charge on any atom is 0.338 e. The van der Waals surface area contributed by atoms with Gasteiger partial charge in [-0.1, -0.05) is 28.1 Å². The van der Waals surface area contributed by atoms with E-state index in [2.05, 4.69) is 26.0 Å². The minimum atomic E-state index is -0.740. The number of ether oxygens (including phenoxy) is 1. The molecule has 0 aliphatic heterocycles. The third-order valence-electron chi connectivity index (χ3n) is 3.97. The number of rotatable bonds is 7. The van der Waals surface area contributed by atoms with Crippen LogP contribution in [0.5, 0.6) is 0 Å². The Kier molecular flexibility index (Phi) is 7.06. The van der Waals surface area contributed by atoms with Crippen LogP contribution in [0.25, 0.3) is 0 Å². The highest BCUT2D eigenvalue weighted by molar-refractivity contribution is 9.10. The van der Waals surface area contributed by atoms with E-state index in [4.69, 9.17) is 0 Å². The third kappa shape index (κ3) is 5.89. The quantitative estimate of drug-likeness (QED) is 0.404. The Hall–Kier alpha value is -2.74. The van der Waals surface area contributed by atoms with Crippen LogP contribution >= 0.6 is 15.9 Å². The summed E-state index contributed by atoms with van der Waals surface area (Å²) in [6, 6.07) is 11.3. The topological polar surface area (TPSA) is 98.5 Å². The number of nitro groups is 1. The predicted molar refractivity (Wildman–Crippen MR) is 104 cm³/mol. The Labute approximate surface area is 165 Å². The van der Waals surface area contributed by atoms with E-state index in [0.29, 0.717) is 6.42 Å². The highest BCUT2D eigenvalue weighted by atomic mass is 79.9. The van der Waals surface area contributed by atoms with E-state index in [-0.39, 0.29) is 22.9 Å². The summed E-state index contributed by atoms with van der Waals surface area (Å²) in [5, 5.41) is 13.9. The molecule has 1 amide bonds. The number of nitrogens with zero attached hydrogens (tertiary/aromatic N) is 1. The molecule has 0 saturated carbocycles. The third-order valence-corrected chi connectivity index (χ3v) is 4.50. The van der Waals surface area contributed by atoms with Crippen molar-refractivity contribution >= 4 is 33.5 Å². The second-order valence-corrected chi connectivity index (χ2v) is 6.97. The summed E-state index contributed by atoms with van der Waals surface area (Å²) in [4.78, 5) is 34.6. The minimum absolute atomic E-state index is 0.0418. The SMILES string of the molecule is COC(=O)c1cc(C(=O)NC(C)CCc2ccc(Br)cc2)cc([N+](=O)[O-])c1. The van der Waals surface area contributed by atoms with Gasteiger partial charge in [0.05, 0.1) is 17.6 Å². The summed E-state index contributed by atoms with van der Waals surface area (Å²) < 4.78 is 5.59. The van der Waals surface area contributed by atoms with Gasteiger partial charge in [0.15, 0.2) is 0 Å². The lowest BCUT2D eigenvalue weighted by Gasteiger charge is -2.14. The van der Waals surface area contributed by atoms with Crippen molar-refractivity contribution in [2.24, 2.45) is 0 Å². The molecule has 0 heterocycles. The Bertz CT molecular complexity index is 852. The minimum Gasteiger partial charge on any atom is -0.465 e. The molecule has 142 valence electrons. The summed E-state index contributed by atoms with van der Waals surface area (Å²) in [5.41, 5.74) is 0.799. The number of aryl methyl sites for hydroxylation is 1. The lowest BCUT2D eigenvalue weighted by atomic mass is 10.0. The Morgan fingerprint density at radius 2 is 1.81 bits per heavy atom. The van der Waals surface area contributed by atoms with E-state index >= 15 is 0 Å². The van der Waals surface area contributed by atoms with Gasteiger partial charge in [-0.2, -0.15) is 0 Å². The Balaban J connectivity index is 2.07. The molecule has 2 rings (SSSR count). The highest BCUT2D eigenvalue weighted by Crippen LogP contribution is 2.19. The molecule has 0 saturated heterocycles. The van der Waals surface area contributed by atoms with Crippen molar-refractivity contribution < 1.29 is 19.2 Å². The molecular formula is C19H19BrN2O5. The van der Waals surface area contributed by atoms with E-state index in [1.807, 2.05) is 31.2 Å². The van der Waals surface area contributed by atoms with Crippen molar-refractivity contribution in [3.05, 3.63) is 73.7 Å². The van der Waals surface area contributed by atoms with Crippen LogP contribution in [0, 0.1) is 10.1 Å². The molecule has 0 aliphatic rings. The standard InChI is InChI=1S/C19H19BrN2O5/c1-12(3-4-13-5-7-16(20)8-6-13)21-18(23)14-9-15(19(24)27-2)11-17(10-14)22(25)26/h5-12H,3-4H2,1-2H3,(H,21,23). The second-order valence-electron chi connectivity index (χ2n) is 6.06. The molecule has 0 radical (unpaired) electrons. The summed E-state index contributed by atoms with van der Waals surface area (Å²) >= 11 is 3.38. The first-order valence-corrected chi connectivity index (χ1v) is 9.02. The molecular weight excluding hydrogens is 416 g/mol. The summed E-state index contributed by atoms with van der Waals surface area (Å²) in [7, 11) is 1.17. The monoisotopic (exact) mass is 434 g/mol. The normalized spacial score (nSPS) is 11.5.